The van der Waals surface area contributed by atoms with Gasteiger partial charge in [0, 0.05) is 5.56 Å². The first-order valence-corrected chi connectivity index (χ1v) is 10.0. The third-order valence-corrected chi connectivity index (χ3v) is 4.56. The molecule has 0 bridgehead atoms. The molecule has 3 rings (SSSR count). The lowest BCUT2D eigenvalue weighted by Gasteiger charge is -2.12. The number of halogens is 3. The van der Waals surface area contributed by atoms with E-state index < -0.39 is 18.2 Å². The van der Waals surface area contributed by atoms with Gasteiger partial charge in [-0.05, 0) is 60.2 Å². The quantitative estimate of drug-likeness (QED) is 0.357. The fourth-order valence-corrected chi connectivity index (χ4v) is 2.94. The van der Waals surface area contributed by atoms with Crippen molar-refractivity contribution in [2.75, 3.05) is 19.5 Å². The number of hydrogen-bond acceptors (Lipinski definition) is 6. The van der Waals surface area contributed by atoms with Gasteiger partial charge < -0.3 is 19.5 Å². The second kappa shape index (κ2) is 11.1. The van der Waals surface area contributed by atoms with E-state index in [1.165, 1.54) is 44.7 Å². The number of hydrazone groups is 1. The molecule has 182 valence electrons. The zero-order valence-electron chi connectivity index (χ0n) is 18.6. The summed E-state index contributed by atoms with van der Waals surface area (Å²) in [5, 5.41) is 6.49. The highest BCUT2D eigenvalue weighted by Gasteiger charge is 2.30. The van der Waals surface area contributed by atoms with Gasteiger partial charge in [-0.25, -0.2) is 5.43 Å². The molecule has 0 atom stereocenters. The molecular formula is C24H20F3N3O5. The maximum absolute atomic E-state index is 12.7. The molecule has 0 saturated heterocycles. The average molecular weight is 487 g/mol. The SMILES string of the molecule is COc1ccc(C(=O)Nc2ccccc2C(=O)N/N=C\c2ccc(OC(F)(F)F)cc2)cc1OC. The molecule has 2 N–H and O–H groups in total. The Kier molecular flexibility index (Phi) is 7.92. The average Bonchev–Trinajstić information content (AvgIpc) is 2.84. The van der Waals surface area contributed by atoms with E-state index in [2.05, 4.69) is 20.6 Å². The van der Waals surface area contributed by atoms with Crippen LogP contribution in [0.25, 0.3) is 0 Å². The van der Waals surface area contributed by atoms with Crippen LogP contribution in [0.15, 0.2) is 71.8 Å². The molecule has 0 unspecified atom stereocenters. The first-order valence-electron chi connectivity index (χ1n) is 10.0. The summed E-state index contributed by atoms with van der Waals surface area (Å²) in [5.41, 5.74) is 3.42. The van der Waals surface area contributed by atoms with Crippen LogP contribution in [0.4, 0.5) is 18.9 Å². The van der Waals surface area contributed by atoms with Crippen molar-refractivity contribution in [3.05, 3.63) is 83.4 Å². The van der Waals surface area contributed by atoms with Gasteiger partial charge >= 0.3 is 6.36 Å². The lowest BCUT2D eigenvalue weighted by molar-refractivity contribution is -0.274. The largest absolute Gasteiger partial charge is 0.573 e. The minimum Gasteiger partial charge on any atom is -0.493 e. The Morgan fingerprint density at radius 2 is 1.57 bits per heavy atom. The normalized spacial score (nSPS) is 11.1. The van der Waals surface area contributed by atoms with Crippen LogP contribution in [0.1, 0.15) is 26.3 Å². The molecule has 11 heteroatoms. The Morgan fingerprint density at radius 1 is 0.886 bits per heavy atom. The van der Waals surface area contributed by atoms with Crippen molar-refractivity contribution in [1.29, 1.82) is 0 Å². The van der Waals surface area contributed by atoms with Crippen LogP contribution in [-0.2, 0) is 0 Å². The number of benzene rings is 3. The standard InChI is InChI=1S/C24H20F3N3O5/c1-33-20-12-9-16(13-21(20)34-2)22(31)29-19-6-4-3-5-18(19)23(32)30-28-14-15-7-10-17(11-8-15)35-24(25,26)27/h3-14H,1-2H3,(H,29,31)(H,30,32)/b28-14-. The number of carbonyl (C=O) groups excluding carboxylic acids is 2. The molecule has 0 radical (unpaired) electrons. The lowest BCUT2D eigenvalue weighted by Crippen LogP contribution is -2.21. The monoisotopic (exact) mass is 487 g/mol. The molecule has 0 aliphatic heterocycles. The summed E-state index contributed by atoms with van der Waals surface area (Å²) in [6.07, 6.45) is -3.54. The second-order valence-corrected chi connectivity index (χ2v) is 6.89. The summed E-state index contributed by atoms with van der Waals surface area (Å²) < 4.78 is 50.9. The smallest absolute Gasteiger partial charge is 0.493 e. The molecule has 0 spiro atoms. The molecule has 35 heavy (non-hydrogen) atoms. The van der Waals surface area contributed by atoms with Crippen LogP contribution in [0.3, 0.4) is 0 Å². The maximum Gasteiger partial charge on any atom is 0.573 e. The van der Waals surface area contributed by atoms with Crippen molar-refractivity contribution < 1.29 is 37.0 Å². The number of rotatable bonds is 8. The lowest BCUT2D eigenvalue weighted by atomic mass is 10.1. The number of alkyl halides is 3. The molecule has 3 aromatic carbocycles. The van der Waals surface area contributed by atoms with Crippen LogP contribution in [0.5, 0.6) is 17.2 Å². The molecule has 0 fully saturated rings. The van der Waals surface area contributed by atoms with E-state index in [0.29, 0.717) is 17.1 Å². The summed E-state index contributed by atoms with van der Waals surface area (Å²) in [5.74, 6) is -0.627. The number of nitrogens with zero attached hydrogens (tertiary/aromatic N) is 1. The summed E-state index contributed by atoms with van der Waals surface area (Å²) in [7, 11) is 2.93. The molecule has 0 aliphatic rings. The Bertz CT molecular complexity index is 1230. The zero-order valence-corrected chi connectivity index (χ0v) is 18.6. The minimum atomic E-state index is -4.79. The Morgan fingerprint density at radius 3 is 2.23 bits per heavy atom. The molecular weight excluding hydrogens is 467 g/mol. The van der Waals surface area contributed by atoms with Crippen molar-refractivity contribution in [2.24, 2.45) is 5.10 Å². The van der Waals surface area contributed by atoms with Gasteiger partial charge in [-0.1, -0.05) is 12.1 Å². The van der Waals surface area contributed by atoms with Gasteiger partial charge in [-0.2, -0.15) is 5.10 Å². The van der Waals surface area contributed by atoms with E-state index in [1.54, 1.807) is 30.3 Å². The summed E-state index contributed by atoms with van der Waals surface area (Å²) in [4.78, 5) is 25.3. The van der Waals surface area contributed by atoms with Crippen LogP contribution >= 0.6 is 0 Å². The highest BCUT2D eigenvalue weighted by Crippen LogP contribution is 2.28. The first kappa shape index (κ1) is 25.1. The summed E-state index contributed by atoms with van der Waals surface area (Å²) >= 11 is 0. The number of methoxy groups -OCH3 is 2. The Labute approximate surface area is 198 Å². The number of ether oxygens (including phenoxy) is 3. The molecule has 0 aromatic heterocycles. The Balaban J connectivity index is 1.67. The fourth-order valence-electron chi connectivity index (χ4n) is 2.94. The number of amides is 2. The van der Waals surface area contributed by atoms with Gasteiger partial charge in [0.05, 0.1) is 31.7 Å². The van der Waals surface area contributed by atoms with Crippen LogP contribution in [0, 0.1) is 0 Å². The van der Waals surface area contributed by atoms with E-state index in [-0.39, 0.29) is 22.6 Å². The molecule has 0 saturated carbocycles. The number of hydrogen-bond donors (Lipinski definition) is 2. The van der Waals surface area contributed by atoms with Crippen molar-refractivity contribution in [1.82, 2.24) is 5.43 Å². The van der Waals surface area contributed by atoms with Gasteiger partial charge in [0.15, 0.2) is 11.5 Å². The highest BCUT2D eigenvalue weighted by molar-refractivity contribution is 6.09. The van der Waals surface area contributed by atoms with E-state index >= 15 is 0 Å². The predicted octanol–water partition coefficient (Wildman–Crippen LogP) is 4.62. The maximum atomic E-state index is 12.7. The first-order chi connectivity index (χ1) is 16.7. The van der Waals surface area contributed by atoms with Gasteiger partial charge in [-0.3, -0.25) is 9.59 Å². The van der Waals surface area contributed by atoms with E-state index in [9.17, 15) is 22.8 Å². The topological polar surface area (TPSA) is 98.2 Å². The molecule has 2 amide bonds. The van der Waals surface area contributed by atoms with Crippen molar-refractivity contribution in [3.8, 4) is 17.2 Å². The van der Waals surface area contributed by atoms with E-state index in [0.717, 1.165) is 12.1 Å². The second-order valence-electron chi connectivity index (χ2n) is 6.89. The predicted molar refractivity (Wildman–Crippen MR) is 122 cm³/mol. The molecule has 8 nitrogen and oxygen atoms in total. The third-order valence-electron chi connectivity index (χ3n) is 4.56. The van der Waals surface area contributed by atoms with Crippen molar-refractivity contribution in [3.63, 3.8) is 0 Å². The molecule has 3 aromatic rings. The van der Waals surface area contributed by atoms with Crippen molar-refractivity contribution >= 4 is 23.7 Å². The van der Waals surface area contributed by atoms with Gasteiger partial charge in [0.2, 0.25) is 0 Å². The number of carbonyl (C=O) groups is 2. The highest BCUT2D eigenvalue weighted by atomic mass is 19.4. The van der Waals surface area contributed by atoms with Gasteiger partial charge in [-0.15, -0.1) is 13.2 Å². The summed E-state index contributed by atoms with van der Waals surface area (Å²) in [6, 6.07) is 15.9. The van der Waals surface area contributed by atoms with E-state index in [4.69, 9.17) is 9.47 Å². The summed E-state index contributed by atoms with van der Waals surface area (Å²) in [6.45, 7) is 0. The van der Waals surface area contributed by atoms with Gasteiger partial charge in [0.1, 0.15) is 5.75 Å². The Hall–Kier alpha value is -4.54. The van der Waals surface area contributed by atoms with Crippen LogP contribution < -0.4 is 25.0 Å². The third kappa shape index (κ3) is 6.97. The molecule has 0 aliphatic carbocycles. The van der Waals surface area contributed by atoms with E-state index in [1.807, 2.05) is 0 Å². The van der Waals surface area contributed by atoms with Gasteiger partial charge in [0.25, 0.3) is 11.8 Å². The fraction of sp³-hybridized carbons (Fsp3) is 0.125. The zero-order chi connectivity index (χ0) is 25.4. The minimum absolute atomic E-state index is 0.146. The van der Waals surface area contributed by atoms with Crippen molar-refractivity contribution in [2.45, 2.75) is 6.36 Å². The number of anilines is 1. The molecule has 0 heterocycles. The number of nitrogens with one attached hydrogen (secondary N) is 2. The van der Waals surface area contributed by atoms with Crippen LogP contribution in [0.2, 0.25) is 0 Å². The van der Waals surface area contributed by atoms with Crippen LogP contribution in [-0.4, -0.2) is 38.6 Å². The number of para-hydroxylation sites is 1.